The van der Waals surface area contributed by atoms with Crippen LogP contribution in [0.4, 0.5) is 10.2 Å². The lowest BCUT2D eigenvalue weighted by Crippen LogP contribution is -2.03. The van der Waals surface area contributed by atoms with Gasteiger partial charge in [-0.05, 0) is 52.2 Å². The second-order valence-corrected chi connectivity index (χ2v) is 4.72. The Bertz CT molecular complexity index is 529. The maximum atomic E-state index is 13.0. The summed E-state index contributed by atoms with van der Waals surface area (Å²) in [6.45, 7) is 2.54. The first-order valence-electron chi connectivity index (χ1n) is 5.25. The lowest BCUT2D eigenvalue weighted by Gasteiger charge is -2.08. The molecule has 2 nitrogen and oxygen atoms in total. The molecule has 0 saturated carbocycles. The minimum absolute atomic E-state index is 0.218. The van der Waals surface area contributed by atoms with E-state index in [0.717, 1.165) is 21.4 Å². The quantitative estimate of drug-likeness (QED) is 0.928. The molecule has 0 aliphatic heterocycles. The van der Waals surface area contributed by atoms with Crippen LogP contribution >= 0.6 is 15.9 Å². The summed E-state index contributed by atoms with van der Waals surface area (Å²) in [4.78, 5) is 4.26. The number of nitrogens with zero attached hydrogens (tertiary/aromatic N) is 1. The van der Waals surface area contributed by atoms with Gasteiger partial charge in [0.15, 0.2) is 0 Å². The molecule has 1 heterocycles. The number of anilines is 1. The second-order valence-electron chi connectivity index (χ2n) is 3.80. The van der Waals surface area contributed by atoms with E-state index in [1.54, 1.807) is 12.3 Å². The van der Waals surface area contributed by atoms with Crippen LogP contribution in [-0.2, 0) is 6.54 Å². The average Bonchev–Trinajstić information content (AvgIpc) is 2.28. The topological polar surface area (TPSA) is 24.9 Å². The number of rotatable bonds is 3. The molecule has 4 heteroatoms. The van der Waals surface area contributed by atoms with Gasteiger partial charge < -0.3 is 5.32 Å². The van der Waals surface area contributed by atoms with Crippen molar-refractivity contribution in [2.75, 3.05) is 5.32 Å². The number of benzene rings is 1. The lowest BCUT2D eigenvalue weighted by molar-refractivity contribution is 0.626. The van der Waals surface area contributed by atoms with Crippen LogP contribution in [0.2, 0.25) is 0 Å². The van der Waals surface area contributed by atoms with Crippen LogP contribution in [0.5, 0.6) is 0 Å². The number of hydrogen-bond donors (Lipinski definition) is 1. The van der Waals surface area contributed by atoms with Crippen LogP contribution in [0.3, 0.4) is 0 Å². The number of aromatic nitrogens is 1. The third-order valence-electron chi connectivity index (χ3n) is 2.39. The third-order valence-corrected chi connectivity index (χ3v) is 2.83. The van der Waals surface area contributed by atoms with Gasteiger partial charge in [0.25, 0.3) is 0 Å². The van der Waals surface area contributed by atoms with Crippen LogP contribution in [0.25, 0.3) is 0 Å². The Labute approximate surface area is 108 Å². The Morgan fingerprint density at radius 3 is 2.88 bits per heavy atom. The summed E-state index contributed by atoms with van der Waals surface area (Å²) in [5.41, 5.74) is 1.95. The highest BCUT2D eigenvalue weighted by Crippen LogP contribution is 2.17. The van der Waals surface area contributed by atoms with Gasteiger partial charge in [0.2, 0.25) is 0 Å². The average molecular weight is 295 g/mol. The first-order chi connectivity index (χ1) is 8.15. The molecule has 0 aliphatic rings. The Balaban J connectivity index is 2.07. The van der Waals surface area contributed by atoms with Crippen LogP contribution in [0.15, 0.2) is 41.0 Å². The van der Waals surface area contributed by atoms with Crippen molar-refractivity contribution in [1.29, 1.82) is 0 Å². The number of pyridine rings is 1. The zero-order chi connectivity index (χ0) is 12.3. The van der Waals surface area contributed by atoms with Gasteiger partial charge in [0.1, 0.15) is 11.6 Å². The van der Waals surface area contributed by atoms with E-state index >= 15 is 0 Å². The molecule has 2 aromatic rings. The normalized spacial score (nSPS) is 10.3. The van der Waals surface area contributed by atoms with Gasteiger partial charge in [-0.2, -0.15) is 0 Å². The summed E-state index contributed by atoms with van der Waals surface area (Å²) < 4.78 is 13.9. The summed E-state index contributed by atoms with van der Waals surface area (Å²) in [6.07, 6.45) is 1.74. The fraction of sp³-hybridized carbons (Fsp3) is 0.154. The minimum Gasteiger partial charge on any atom is -0.366 e. The summed E-state index contributed by atoms with van der Waals surface area (Å²) in [5.74, 6) is 0.599. The number of aryl methyl sites for hydroxylation is 1. The molecule has 88 valence electrons. The monoisotopic (exact) mass is 294 g/mol. The maximum Gasteiger partial charge on any atom is 0.129 e. The first kappa shape index (κ1) is 12.0. The molecular weight excluding hydrogens is 283 g/mol. The maximum absolute atomic E-state index is 13.0. The predicted octanol–water partition coefficient (Wildman–Crippen LogP) is 3.90. The molecule has 0 atom stereocenters. The molecule has 0 fully saturated rings. The van der Waals surface area contributed by atoms with Crippen molar-refractivity contribution < 1.29 is 4.39 Å². The Kier molecular flexibility index (Phi) is 3.74. The molecule has 0 aliphatic carbocycles. The van der Waals surface area contributed by atoms with E-state index in [2.05, 4.69) is 26.2 Å². The molecule has 0 unspecified atom stereocenters. The smallest absolute Gasteiger partial charge is 0.129 e. The fourth-order valence-corrected chi connectivity index (χ4v) is 2.00. The Morgan fingerprint density at radius 2 is 2.18 bits per heavy atom. The highest BCUT2D eigenvalue weighted by Gasteiger charge is 2.01. The van der Waals surface area contributed by atoms with Gasteiger partial charge in [0.05, 0.1) is 0 Å². The standard InChI is InChI=1S/C13H12BrFN2/c1-9-5-11(14)8-17-13(9)16-7-10-3-2-4-12(15)6-10/h2-6,8H,7H2,1H3,(H,16,17). The second kappa shape index (κ2) is 5.27. The molecule has 1 aromatic heterocycles. The van der Waals surface area contributed by atoms with Crippen molar-refractivity contribution in [2.24, 2.45) is 0 Å². The van der Waals surface area contributed by atoms with Crippen molar-refractivity contribution >= 4 is 21.7 Å². The van der Waals surface area contributed by atoms with Gasteiger partial charge in [-0.1, -0.05) is 12.1 Å². The van der Waals surface area contributed by atoms with E-state index in [9.17, 15) is 4.39 Å². The molecule has 0 radical (unpaired) electrons. The lowest BCUT2D eigenvalue weighted by atomic mass is 10.2. The summed E-state index contributed by atoms with van der Waals surface area (Å²) >= 11 is 3.36. The molecule has 17 heavy (non-hydrogen) atoms. The molecule has 0 bridgehead atoms. The van der Waals surface area contributed by atoms with E-state index in [0.29, 0.717) is 6.54 Å². The number of hydrogen-bond acceptors (Lipinski definition) is 2. The minimum atomic E-state index is -0.218. The summed E-state index contributed by atoms with van der Waals surface area (Å²) in [5, 5.41) is 3.19. The molecule has 0 saturated heterocycles. The zero-order valence-corrected chi connectivity index (χ0v) is 11.0. The largest absolute Gasteiger partial charge is 0.366 e. The van der Waals surface area contributed by atoms with E-state index in [4.69, 9.17) is 0 Å². The highest BCUT2D eigenvalue weighted by atomic mass is 79.9. The highest BCUT2D eigenvalue weighted by molar-refractivity contribution is 9.10. The summed E-state index contributed by atoms with van der Waals surface area (Å²) in [7, 11) is 0. The van der Waals surface area contributed by atoms with Crippen molar-refractivity contribution in [2.45, 2.75) is 13.5 Å². The van der Waals surface area contributed by atoms with E-state index < -0.39 is 0 Å². The first-order valence-corrected chi connectivity index (χ1v) is 6.05. The van der Waals surface area contributed by atoms with E-state index in [-0.39, 0.29) is 5.82 Å². The van der Waals surface area contributed by atoms with Gasteiger partial charge >= 0.3 is 0 Å². The van der Waals surface area contributed by atoms with E-state index in [1.165, 1.54) is 12.1 Å². The van der Waals surface area contributed by atoms with Gasteiger partial charge in [-0.3, -0.25) is 0 Å². The van der Waals surface area contributed by atoms with Gasteiger partial charge in [-0.25, -0.2) is 9.37 Å². The van der Waals surface area contributed by atoms with Gasteiger partial charge in [0, 0.05) is 17.2 Å². The molecule has 2 rings (SSSR count). The molecule has 0 spiro atoms. The predicted molar refractivity (Wildman–Crippen MR) is 70.4 cm³/mol. The molecular formula is C13H12BrFN2. The van der Waals surface area contributed by atoms with E-state index in [1.807, 2.05) is 19.1 Å². The fourth-order valence-electron chi connectivity index (χ4n) is 1.56. The van der Waals surface area contributed by atoms with Crippen molar-refractivity contribution in [3.05, 3.63) is 57.9 Å². The van der Waals surface area contributed by atoms with Crippen molar-refractivity contribution in [3.8, 4) is 0 Å². The van der Waals surface area contributed by atoms with Crippen molar-refractivity contribution in [1.82, 2.24) is 4.98 Å². The molecule has 1 aromatic carbocycles. The zero-order valence-electron chi connectivity index (χ0n) is 9.37. The number of nitrogens with one attached hydrogen (secondary N) is 1. The van der Waals surface area contributed by atoms with Crippen LogP contribution < -0.4 is 5.32 Å². The van der Waals surface area contributed by atoms with Crippen molar-refractivity contribution in [3.63, 3.8) is 0 Å². The van der Waals surface area contributed by atoms with Gasteiger partial charge in [-0.15, -0.1) is 0 Å². The third kappa shape index (κ3) is 3.27. The SMILES string of the molecule is Cc1cc(Br)cnc1NCc1cccc(F)c1. The van der Waals surface area contributed by atoms with Crippen LogP contribution in [0, 0.1) is 12.7 Å². The molecule has 0 amide bonds. The Hall–Kier alpha value is -1.42. The Morgan fingerprint density at radius 1 is 1.35 bits per heavy atom. The molecule has 1 N–H and O–H groups in total. The summed E-state index contributed by atoms with van der Waals surface area (Å²) in [6, 6.07) is 8.52. The van der Waals surface area contributed by atoms with Crippen LogP contribution in [0.1, 0.15) is 11.1 Å². The van der Waals surface area contributed by atoms with Crippen LogP contribution in [-0.4, -0.2) is 4.98 Å². The number of halogens is 2.